The molecule has 1 atom stereocenters. The van der Waals surface area contributed by atoms with Crippen molar-refractivity contribution in [2.75, 3.05) is 26.2 Å². The Kier molecular flexibility index (Phi) is 6.20. The second-order valence-corrected chi connectivity index (χ2v) is 6.92. The van der Waals surface area contributed by atoms with E-state index in [9.17, 15) is 9.18 Å². The van der Waals surface area contributed by atoms with Crippen LogP contribution >= 0.6 is 12.2 Å². The van der Waals surface area contributed by atoms with Crippen LogP contribution in [0.25, 0.3) is 0 Å². The lowest BCUT2D eigenvalue weighted by Gasteiger charge is -2.34. The van der Waals surface area contributed by atoms with Crippen molar-refractivity contribution < 1.29 is 13.9 Å². The van der Waals surface area contributed by atoms with Crippen molar-refractivity contribution in [1.29, 1.82) is 0 Å². The van der Waals surface area contributed by atoms with Gasteiger partial charge in [0.05, 0.1) is 11.7 Å². The Morgan fingerprint density at radius 2 is 2.04 bits per heavy atom. The van der Waals surface area contributed by atoms with Gasteiger partial charge in [0.25, 0.3) is 5.91 Å². The Morgan fingerprint density at radius 1 is 1.28 bits per heavy atom. The first-order valence-electron chi connectivity index (χ1n) is 8.83. The molecule has 0 radical (unpaired) electrons. The Morgan fingerprint density at radius 3 is 2.72 bits per heavy atom. The highest BCUT2D eigenvalue weighted by atomic mass is 32.1. The first-order chi connectivity index (χ1) is 12.1. The van der Waals surface area contributed by atoms with Crippen LogP contribution in [0.3, 0.4) is 0 Å². The van der Waals surface area contributed by atoms with Crippen LogP contribution in [-0.2, 0) is 4.74 Å². The maximum Gasteiger partial charge on any atom is 0.254 e. The number of ether oxygens (including phenoxy) is 1. The van der Waals surface area contributed by atoms with Gasteiger partial charge in [-0.3, -0.25) is 4.79 Å². The lowest BCUT2D eigenvalue weighted by molar-refractivity contribution is 0.0917. The molecule has 7 heteroatoms. The second-order valence-electron chi connectivity index (χ2n) is 6.54. The van der Waals surface area contributed by atoms with Crippen LogP contribution in [0, 0.1) is 5.82 Å². The highest BCUT2D eigenvalue weighted by Crippen LogP contribution is 2.14. The van der Waals surface area contributed by atoms with Crippen molar-refractivity contribution >= 4 is 23.2 Å². The number of nitrogens with zero attached hydrogens (tertiary/aromatic N) is 1. The van der Waals surface area contributed by atoms with Crippen LogP contribution in [-0.4, -0.2) is 54.3 Å². The quantitative estimate of drug-likeness (QED) is 0.800. The molecular formula is C18H24FN3O2S. The molecule has 1 aromatic rings. The number of piperidine rings is 1. The van der Waals surface area contributed by atoms with E-state index in [-0.39, 0.29) is 23.6 Å². The third-order valence-corrected chi connectivity index (χ3v) is 5.14. The summed E-state index contributed by atoms with van der Waals surface area (Å²) in [4.78, 5) is 14.3. The summed E-state index contributed by atoms with van der Waals surface area (Å²) in [5.74, 6) is -0.840. The Balaban J connectivity index is 1.41. The van der Waals surface area contributed by atoms with E-state index in [0.29, 0.717) is 0 Å². The number of likely N-dealkylation sites (tertiary alicyclic amines) is 1. The number of amides is 1. The molecule has 2 aliphatic rings. The van der Waals surface area contributed by atoms with Crippen LogP contribution < -0.4 is 10.6 Å². The van der Waals surface area contributed by atoms with Gasteiger partial charge in [-0.05, 0) is 50.0 Å². The summed E-state index contributed by atoms with van der Waals surface area (Å²) in [5, 5.41) is 6.95. The van der Waals surface area contributed by atoms with Gasteiger partial charge in [0.2, 0.25) is 0 Å². The molecule has 0 saturated carbocycles. The van der Waals surface area contributed by atoms with E-state index >= 15 is 0 Å². The molecule has 2 aliphatic heterocycles. The number of halogens is 1. The van der Waals surface area contributed by atoms with Gasteiger partial charge < -0.3 is 20.3 Å². The highest BCUT2D eigenvalue weighted by Gasteiger charge is 2.24. The average molecular weight is 365 g/mol. The van der Waals surface area contributed by atoms with Crippen molar-refractivity contribution in [3.05, 3.63) is 35.6 Å². The molecule has 25 heavy (non-hydrogen) atoms. The summed E-state index contributed by atoms with van der Waals surface area (Å²) in [6, 6.07) is 6.09. The predicted octanol–water partition coefficient (Wildman–Crippen LogP) is 2.07. The molecule has 2 N–H and O–H groups in total. The normalized spacial score (nSPS) is 21.2. The zero-order valence-corrected chi connectivity index (χ0v) is 15.0. The minimum Gasteiger partial charge on any atom is -0.376 e. The smallest absolute Gasteiger partial charge is 0.254 e. The molecule has 0 aromatic heterocycles. The molecular weight excluding hydrogens is 341 g/mol. The lowest BCUT2D eigenvalue weighted by Crippen LogP contribution is -2.50. The summed E-state index contributed by atoms with van der Waals surface area (Å²) in [6.07, 6.45) is 4.05. The Hall–Kier alpha value is -1.73. The maximum atomic E-state index is 13.7. The zero-order chi connectivity index (χ0) is 17.6. The van der Waals surface area contributed by atoms with E-state index < -0.39 is 5.82 Å². The van der Waals surface area contributed by atoms with Gasteiger partial charge in [-0.15, -0.1) is 0 Å². The summed E-state index contributed by atoms with van der Waals surface area (Å²) in [7, 11) is 0. The van der Waals surface area contributed by atoms with E-state index in [1.807, 2.05) is 0 Å². The van der Waals surface area contributed by atoms with Gasteiger partial charge in [0.1, 0.15) is 5.82 Å². The summed E-state index contributed by atoms with van der Waals surface area (Å²) in [5.41, 5.74) is 0.0960. The molecule has 3 rings (SSSR count). The monoisotopic (exact) mass is 365 g/mol. The molecule has 2 fully saturated rings. The van der Waals surface area contributed by atoms with Crippen molar-refractivity contribution in [3.8, 4) is 0 Å². The van der Waals surface area contributed by atoms with Crippen LogP contribution in [0.15, 0.2) is 24.3 Å². The topological polar surface area (TPSA) is 53.6 Å². The van der Waals surface area contributed by atoms with Gasteiger partial charge in [0, 0.05) is 32.3 Å². The third-order valence-electron chi connectivity index (χ3n) is 4.74. The number of rotatable bonds is 4. The standard InChI is InChI=1S/C18H24FN3O2S/c19-16-6-2-1-5-15(16)17(23)21-13-7-9-22(10-8-13)18(25)20-12-14-4-3-11-24-14/h1-2,5-6,13-14H,3-4,7-12H2,(H,20,25)(H,21,23). The van der Waals surface area contributed by atoms with Crippen LogP contribution in [0.2, 0.25) is 0 Å². The Labute approximate surface area is 152 Å². The predicted molar refractivity (Wildman–Crippen MR) is 98.0 cm³/mol. The Bertz CT molecular complexity index is 614. The fraction of sp³-hybridized carbons (Fsp3) is 0.556. The molecule has 0 spiro atoms. The minimum atomic E-state index is -0.489. The number of carbonyl (C=O) groups is 1. The average Bonchev–Trinajstić information content (AvgIpc) is 3.14. The zero-order valence-electron chi connectivity index (χ0n) is 14.2. The van der Waals surface area contributed by atoms with Crippen molar-refractivity contribution in [1.82, 2.24) is 15.5 Å². The summed E-state index contributed by atoms with van der Waals surface area (Å²) >= 11 is 5.45. The molecule has 0 aliphatic carbocycles. The highest BCUT2D eigenvalue weighted by molar-refractivity contribution is 7.80. The number of benzene rings is 1. The third kappa shape index (κ3) is 4.89. The second kappa shape index (κ2) is 8.58. The molecule has 2 heterocycles. The first-order valence-corrected chi connectivity index (χ1v) is 9.24. The number of hydrogen-bond acceptors (Lipinski definition) is 3. The SMILES string of the molecule is O=C(NC1CCN(C(=S)NCC2CCCO2)CC1)c1ccccc1F. The molecule has 1 unspecified atom stereocenters. The molecule has 2 saturated heterocycles. The molecule has 5 nitrogen and oxygen atoms in total. The van der Waals surface area contributed by atoms with Crippen LogP contribution in [0.4, 0.5) is 4.39 Å². The number of thiocarbonyl (C=S) groups is 1. The molecule has 136 valence electrons. The van der Waals surface area contributed by atoms with E-state index in [1.165, 1.54) is 12.1 Å². The van der Waals surface area contributed by atoms with E-state index in [4.69, 9.17) is 17.0 Å². The van der Waals surface area contributed by atoms with Crippen molar-refractivity contribution in [2.24, 2.45) is 0 Å². The fourth-order valence-corrected chi connectivity index (χ4v) is 3.52. The lowest BCUT2D eigenvalue weighted by atomic mass is 10.0. The van der Waals surface area contributed by atoms with Gasteiger partial charge in [0.15, 0.2) is 5.11 Å². The summed E-state index contributed by atoms with van der Waals surface area (Å²) in [6.45, 7) is 3.15. The molecule has 1 aromatic carbocycles. The first kappa shape index (κ1) is 18.1. The van der Waals surface area contributed by atoms with Crippen molar-refractivity contribution in [2.45, 2.75) is 37.8 Å². The minimum absolute atomic E-state index is 0.0457. The number of hydrogen-bond donors (Lipinski definition) is 2. The maximum absolute atomic E-state index is 13.7. The van der Waals surface area contributed by atoms with E-state index in [2.05, 4.69) is 15.5 Å². The van der Waals surface area contributed by atoms with Crippen LogP contribution in [0.5, 0.6) is 0 Å². The molecule has 0 bridgehead atoms. The van der Waals surface area contributed by atoms with E-state index in [1.54, 1.807) is 12.1 Å². The number of carbonyl (C=O) groups excluding carboxylic acids is 1. The van der Waals surface area contributed by atoms with Gasteiger partial charge in [-0.25, -0.2) is 4.39 Å². The van der Waals surface area contributed by atoms with Crippen LogP contribution in [0.1, 0.15) is 36.0 Å². The largest absolute Gasteiger partial charge is 0.376 e. The number of nitrogens with one attached hydrogen (secondary N) is 2. The molecule has 1 amide bonds. The summed E-state index contributed by atoms with van der Waals surface area (Å²) < 4.78 is 19.3. The van der Waals surface area contributed by atoms with E-state index in [0.717, 1.165) is 57.0 Å². The fourth-order valence-electron chi connectivity index (χ4n) is 3.25. The van der Waals surface area contributed by atoms with Crippen molar-refractivity contribution in [3.63, 3.8) is 0 Å². The van der Waals surface area contributed by atoms with Gasteiger partial charge >= 0.3 is 0 Å². The van der Waals surface area contributed by atoms with Gasteiger partial charge in [-0.2, -0.15) is 0 Å². The van der Waals surface area contributed by atoms with Gasteiger partial charge in [-0.1, -0.05) is 12.1 Å².